The van der Waals surface area contributed by atoms with E-state index in [4.69, 9.17) is 9.47 Å². The maximum atomic E-state index is 13.5. The van der Waals surface area contributed by atoms with Crippen LogP contribution in [0.3, 0.4) is 0 Å². The summed E-state index contributed by atoms with van der Waals surface area (Å²) in [4.78, 5) is 10.8. The molecule has 0 radical (unpaired) electrons. The second-order valence-electron chi connectivity index (χ2n) is 4.08. The van der Waals surface area contributed by atoms with Crippen molar-refractivity contribution < 1.29 is 18.7 Å². The van der Waals surface area contributed by atoms with Gasteiger partial charge in [-0.3, -0.25) is 4.79 Å². The van der Waals surface area contributed by atoms with Crippen molar-refractivity contribution in [3.05, 3.63) is 29.6 Å². The summed E-state index contributed by atoms with van der Waals surface area (Å²) < 4.78 is 24.3. The SMILES string of the molecule is O=Cc1cccc(F)c1OCC1CCCCO1. The Kier molecular flexibility index (Phi) is 4.09. The van der Waals surface area contributed by atoms with E-state index >= 15 is 0 Å². The van der Waals surface area contributed by atoms with Gasteiger partial charge in [-0.2, -0.15) is 0 Å². The molecule has 1 aliphatic rings. The van der Waals surface area contributed by atoms with Crippen LogP contribution in [0.4, 0.5) is 4.39 Å². The quantitative estimate of drug-likeness (QED) is 0.756. The summed E-state index contributed by atoms with van der Waals surface area (Å²) in [7, 11) is 0. The van der Waals surface area contributed by atoms with Crippen molar-refractivity contribution in [1.82, 2.24) is 0 Å². The van der Waals surface area contributed by atoms with Crippen LogP contribution in [-0.2, 0) is 4.74 Å². The number of carbonyl (C=O) groups excluding carboxylic acids is 1. The number of ether oxygens (including phenoxy) is 2. The number of halogens is 1. The third-order valence-electron chi connectivity index (χ3n) is 2.81. The van der Waals surface area contributed by atoms with Gasteiger partial charge in [0, 0.05) is 6.61 Å². The van der Waals surface area contributed by atoms with Crippen LogP contribution in [0.15, 0.2) is 18.2 Å². The van der Waals surface area contributed by atoms with Crippen LogP contribution in [-0.4, -0.2) is 25.6 Å². The molecule has 1 fully saturated rings. The van der Waals surface area contributed by atoms with E-state index in [1.165, 1.54) is 18.2 Å². The van der Waals surface area contributed by atoms with Gasteiger partial charge in [0.05, 0.1) is 11.7 Å². The van der Waals surface area contributed by atoms with E-state index in [0.29, 0.717) is 12.9 Å². The molecule has 4 heteroatoms. The summed E-state index contributed by atoms with van der Waals surface area (Å²) in [6, 6.07) is 4.31. The molecule has 0 aromatic heterocycles. The molecule has 17 heavy (non-hydrogen) atoms. The van der Waals surface area contributed by atoms with Crippen LogP contribution >= 0.6 is 0 Å². The Morgan fingerprint density at radius 1 is 1.47 bits per heavy atom. The molecule has 1 saturated heterocycles. The third kappa shape index (κ3) is 3.03. The van der Waals surface area contributed by atoms with Gasteiger partial charge in [0.15, 0.2) is 17.9 Å². The molecule has 0 spiro atoms. The zero-order chi connectivity index (χ0) is 12.1. The molecular weight excluding hydrogens is 223 g/mol. The lowest BCUT2D eigenvalue weighted by Gasteiger charge is -2.23. The van der Waals surface area contributed by atoms with Gasteiger partial charge >= 0.3 is 0 Å². The van der Waals surface area contributed by atoms with Crippen molar-refractivity contribution in [1.29, 1.82) is 0 Å². The maximum absolute atomic E-state index is 13.5. The minimum Gasteiger partial charge on any atom is -0.487 e. The number of carbonyl (C=O) groups is 1. The minimum atomic E-state index is -0.509. The molecule has 0 amide bonds. The first-order chi connectivity index (χ1) is 8.31. The fraction of sp³-hybridized carbons (Fsp3) is 0.462. The Hall–Kier alpha value is -1.42. The first-order valence-electron chi connectivity index (χ1n) is 5.79. The lowest BCUT2D eigenvalue weighted by atomic mass is 10.1. The van der Waals surface area contributed by atoms with Gasteiger partial charge in [0.1, 0.15) is 6.61 Å². The summed E-state index contributed by atoms with van der Waals surface area (Å²) >= 11 is 0. The Balaban J connectivity index is 2.00. The van der Waals surface area contributed by atoms with Crippen LogP contribution in [0, 0.1) is 5.82 Å². The van der Waals surface area contributed by atoms with Gasteiger partial charge in [-0.05, 0) is 31.4 Å². The zero-order valence-corrected chi connectivity index (χ0v) is 9.52. The van der Waals surface area contributed by atoms with E-state index in [1.54, 1.807) is 0 Å². The molecule has 1 unspecified atom stereocenters. The topological polar surface area (TPSA) is 35.5 Å². The molecule has 1 aromatic rings. The Morgan fingerprint density at radius 2 is 2.35 bits per heavy atom. The molecule has 1 heterocycles. The summed E-state index contributed by atoms with van der Waals surface area (Å²) in [6.07, 6.45) is 3.69. The fourth-order valence-electron chi connectivity index (χ4n) is 1.89. The fourth-order valence-corrected chi connectivity index (χ4v) is 1.89. The number of rotatable bonds is 4. The highest BCUT2D eigenvalue weighted by Crippen LogP contribution is 2.22. The number of hydrogen-bond donors (Lipinski definition) is 0. The highest BCUT2D eigenvalue weighted by atomic mass is 19.1. The van der Waals surface area contributed by atoms with Crippen molar-refractivity contribution >= 4 is 6.29 Å². The predicted molar refractivity (Wildman–Crippen MR) is 60.9 cm³/mol. The molecule has 92 valence electrons. The molecular formula is C13H15FO3. The first-order valence-corrected chi connectivity index (χ1v) is 5.79. The molecule has 0 bridgehead atoms. The highest BCUT2D eigenvalue weighted by Gasteiger charge is 2.16. The van der Waals surface area contributed by atoms with Gasteiger partial charge in [-0.1, -0.05) is 6.07 Å². The Bertz CT molecular complexity index is 386. The van der Waals surface area contributed by atoms with Gasteiger partial charge in [0.2, 0.25) is 0 Å². The van der Waals surface area contributed by atoms with Gasteiger partial charge < -0.3 is 9.47 Å². The van der Waals surface area contributed by atoms with Crippen LogP contribution in [0.5, 0.6) is 5.75 Å². The monoisotopic (exact) mass is 238 g/mol. The molecule has 0 saturated carbocycles. The summed E-state index contributed by atoms with van der Waals surface area (Å²) in [5.41, 5.74) is 0.237. The van der Waals surface area contributed by atoms with E-state index in [0.717, 1.165) is 25.9 Å². The molecule has 1 aliphatic heterocycles. The maximum Gasteiger partial charge on any atom is 0.165 e. The lowest BCUT2D eigenvalue weighted by molar-refractivity contribution is -0.0118. The van der Waals surface area contributed by atoms with E-state index in [-0.39, 0.29) is 17.4 Å². The van der Waals surface area contributed by atoms with E-state index in [9.17, 15) is 9.18 Å². The van der Waals surface area contributed by atoms with Crippen molar-refractivity contribution in [2.45, 2.75) is 25.4 Å². The number of hydrogen-bond acceptors (Lipinski definition) is 3. The van der Waals surface area contributed by atoms with Crippen LogP contribution in [0.25, 0.3) is 0 Å². The molecule has 2 rings (SSSR count). The summed E-state index contributed by atoms with van der Waals surface area (Å²) in [5, 5.41) is 0. The Morgan fingerprint density at radius 3 is 3.06 bits per heavy atom. The lowest BCUT2D eigenvalue weighted by Crippen LogP contribution is -2.26. The standard InChI is InChI=1S/C13H15FO3/c14-12-6-3-4-10(8-15)13(12)17-9-11-5-1-2-7-16-11/h3-4,6,8,11H,1-2,5,7,9H2. The highest BCUT2D eigenvalue weighted by molar-refractivity contribution is 5.79. The van der Waals surface area contributed by atoms with E-state index in [1.807, 2.05) is 0 Å². The van der Waals surface area contributed by atoms with Crippen LogP contribution < -0.4 is 4.74 Å². The number of benzene rings is 1. The molecule has 0 N–H and O–H groups in total. The second kappa shape index (κ2) is 5.77. The van der Waals surface area contributed by atoms with Crippen LogP contribution in [0.1, 0.15) is 29.6 Å². The van der Waals surface area contributed by atoms with E-state index in [2.05, 4.69) is 0 Å². The van der Waals surface area contributed by atoms with Crippen molar-refractivity contribution in [2.24, 2.45) is 0 Å². The smallest absolute Gasteiger partial charge is 0.165 e. The third-order valence-corrected chi connectivity index (χ3v) is 2.81. The predicted octanol–water partition coefficient (Wildman–Crippen LogP) is 2.59. The van der Waals surface area contributed by atoms with Gasteiger partial charge in [-0.15, -0.1) is 0 Å². The second-order valence-corrected chi connectivity index (χ2v) is 4.08. The van der Waals surface area contributed by atoms with Crippen molar-refractivity contribution in [3.63, 3.8) is 0 Å². The molecule has 0 aliphatic carbocycles. The number of para-hydroxylation sites is 1. The summed E-state index contributed by atoms with van der Waals surface area (Å²) in [5.74, 6) is -0.484. The molecule has 1 aromatic carbocycles. The normalized spacial score (nSPS) is 19.9. The van der Waals surface area contributed by atoms with Crippen molar-refractivity contribution in [3.8, 4) is 5.75 Å². The van der Waals surface area contributed by atoms with Gasteiger partial charge in [0.25, 0.3) is 0 Å². The minimum absolute atomic E-state index is 0.00265. The average molecular weight is 238 g/mol. The number of aldehydes is 1. The summed E-state index contributed by atoms with van der Waals surface area (Å²) in [6.45, 7) is 1.02. The average Bonchev–Trinajstić information content (AvgIpc) is 2.38. The van der Waals surface area contributed by atoms with Gasteiger partial charge in [-0.25, -0.2) is 4.39 Å². The first kappa shape index (κ1) is 12.0. The van der Waals surface area contributed by atoms with Crippen molar-refractivity contribution in [2.75, 3.05) is 13.2 Å². The van der Waals surface area contributed by atoms with E-state index < -0.39 is 5.82 Å². The van der Waals surface area contributed by atoms with Crippen LogP contribution in [0.2, 0.25) is 0 Å². The Labute approximate surface area is 99.5 Å². The largest absolute Gasteiger partial charge is 0.487 e. The zero-order valence-electron chi connectivity index (χ0n) is 9.52. The molecule has 3 nitrogen and oxygen atoms in total. The molecule has 1 atom stereocenters.